The Bertz CT molecular complexity index is 815. The Kier molecular flexibility index (Phi) is 2.66. The summed E-state index contributed by atoms with van der Waals surface area (Å²) in [7, 11) is -4.81. The molecule has 5 heteroatoms. The fourth-order valence-electron chi connectivity index (χ4n) is 2.16. The van der Waals surface area contributed by atoms with E-state index >= 15 is 0 Å². The highest BCUT2D eigenvalue weighted by Crippen LogP contribution is 2.35. The van der Waals surface area contributed by atoms with E-state index in [9.17, 15) is 13.0 Å². The van der Waals surface area contributed by atoms with Crippen LogP contribution < -0.4 is 4.18 Å². The lowest BCUT2D eigenvalue weighted by Crippen LogP contribution is -2.07. The molecule has 0 radical (unpaired) electrons. The number of benzene rings is 3. The second-order valence-corrected chi connectivity index (χ2v) is 5.12. The maximum atomic E-state index is 10.9. The summed E-state index contributed by atoms with van der Waals surface area (Å²) in [5, 5.41) is 2.83. The van der Waals surface area contributed by atoms with Crippen molar-refractivity contribution in [3.8, 4) is 5.75 Å². The van der Waals surface area contributed by atoms with Crippen molar-refractivity contribution in [2.45, 2.75) is 0 Å². The second-order valence-electron chi connectivity index (χ2n) is 4.14. The van der Waals surface area contributed by atoms with E-state index in [1.165, 1.54) is 0 Å². The Hall–Kier alpha value is -2.11. The summed E-state index contributed by atoms with van der Waals surface area (Å²) < 4.78 is 37.4. The van der Waals surface area contributed by atoms with Crippen LogP contribution in [0.2, 0.25) is 0 Å². The summed E-state index contributed by atoms with van der Waals surface area (Å²) in [6.45, 7) is 0. The Morgan fingerprint density at radius 2 is 1.32 bits per heavy atom. The van der Waals surface area contributed by atoms with Crippen molar-refractivity contribution in [1.29, 1.82) is 0 Å². The molecule has 0 fully saturated rings. The summed E-state index contributed by atoms with van der Waals surface area (Å²) in [5.41, 5.74) is 0. The maximum Gasteiger partial charge on any atom is 0.262 e. The molecule has 0 spiro atoms. The van der Waals surface area contributed by atoms with Crippen molar-refractivity contribution in [3.05, 3.63) is 54.6 Å². The Balaban J connectivity index is 2.46. The molecule has 0 atom stereocenters. The molecule has 0 aliphatic heterocycles. The molecule has 4 nitrogen and oxygen atoms in total. The van der Waals surface area contributed by atoms with Gasteiger partial charge in [-0.3, -0.25) is 0 Å². The molecule has 0 bridgehead atoms. The fourth-order valence-corrected chi connectivity index (χ4v) is 2.55. The van der Waals surface area contributed by atoms with Crippen molar-refractivity contribution in [2.75, 3.05) is 0 Å². The van der Waals surface area contributed by atoms with Gasteiger partial charge in [0.2, 0.25) is 0 Å². The highest BCUT2D eigenvalue weighted by atomic mass is 32.3. The molecule has 0 heterocycles. The average molecular weight is 273 g/mol. The largest absolute Gasteiger partial charge is 0.716 e. The van der Waals surface area contributed by atoms with Crippen LogP contribution in [0.4, 0.5) is 0 Å². The Labute approximate surface area is 110 Å². The van der Waals surface area contributed by atoms with E-state index in [0.717, 1.165) is 10.8 Å². The third-order valence-corrected chi connectivity index (χ3v) is 3.28. The SMILES string of the molecule is O=S(=O)([O-])Oc1c2ccccc2cc2ccccc12. The Morgan fingerprint density at radius 3 is 1.79 bits per heavy atom. The summed E-state index contributed by atoms with van der Waals surface area (Å²) >= 11 is 0. The molecule has 0 aromatic heterocycles. The maximum absolute atomic E-state index is 10.9. The predicted molar refractivity (Wildman–Crippen MR) is 71.8 cm³/mol. The van der Waals surface area contributed by atoms with Crippen LogP contribution in [-0.2, 0) is 10.4 Å². The molecule has 0 N–H and O–H groups in total. The Morgan fingerprint density at radius 1 is 0.842 bits per heavy atom. The minimum absolute atomic E-state index is 0.0868. The minimum Gasteiger partial charge on any atom is -0.716 e. The second kappa shape index (κ2) is 4.22. The molecular weight excluding hydrogens is 264 g/mol. The van der Waals surface area contributed by atoms with Gasteiger partial charge in [-0.1, -0.05) is 48.5 Å². The van der Waals surface area contributed by atoms with Crippen LogP contribution in [0.25, 0.3) is 21.5 Å². The van der Waals surface area contributed by atoms with E-state index in [1.807, 2.05) is 30.3 Å². The van der Waals surface area contributed by atoms with Crippen molar-refractivity contribution in [3.63, 3.8) is 0 Å². The summed E-state index contributed by atoms with van der Waals surface area (Å²) in [5.74, 6) is 0.0868. The average Bonchev–Trinajstić information content (AvgIpc) is 2.37. The first-order chi connectivity index (χ1) is 9.04. The highest BCUT2D eigenvalue weighted by Gasteiger charge is 2.10. The normalized spacial score (nSPS) is 11.8. The zero-order valence-electron chi connectivity index (χ0n) is 9.74. The van der Waals surface area contributed by atoms with Gasteiger partial charge in [0, 0.05) is 10.8 Å². The molecular formula is C14H9O4S-. The third kappa shape index (κ3) is 2.25. The highest BCUT2D eigenvalue weighted by molar-refractivity contribution is 7.81. The lowest BCUT2D eigenvalue weighted by molar-refractivity contribution is 0.375. The van der Waals surface area contributed by atoms with Crippen molar-refractivity contribution < 1.29 is 17.2 Å². The van der Waals surface area contributed by atoms with E-state index < -0.39 is 10.4 Å². The summed E-state index contributed by atoms with van der Waals surface area (Å²) in [6, 6.07) is 16.3. The van der Waals surface area contributed by atoms with Gasteiger partial charge < -0.3 is 8.74 Å². The standard InChI is InChI=1S/C14H10O4S/c15-19(16,17)18-14-12-7-3-1-5-10(12)9-11-6-2-4-8-13(11)14/h1-9H,(H,15,16,17)/p-1. The molecule has 3 aromatic carbocycles. The predicted octanol–water partition coefficient (Wildman–Crippen LogP) is 2.83. The van der Waals surface area contributed by atoms with E-state index in [2.05, 4.69) is 4.18 Å². The zero-order chi connectivity index (χ0) is 13.5. The first-order valence-corrected chi connectivity index (χ1v) is 6.94. The molecule has 0 amide bonds. The van der Waals surface area contributed by atoms with Crippen LogP contribution in [0.15, 0.2) is 54.6 Å². The van der Waals surface area contributed by atoms with Crippen LogP contribution in [0.1, 0.15) is 0 Å². The number of hydrogen-bond donors (Lipinski definition) is 0. The molecule has 3 aromatic rings. The third-order valence-electron chi connectivity index (χ3n) is 2.91. The lowest BCUT2D eigenvalue weighted by atomic mass is 10.0. The zero-order valence-corrected chi connectivity index (χ0v) is 10.6. The van der Waals surface area contributed by atoms with Gasteiger partial charge >= 0.3 is 0 Å². The van der Waals surface area contributed by atoms with Crippen LogP contribution >= 0.6 is 0 Å². The first-order valence-electron chi connectivity index (χ1n) is 5.60. The lowest BCUT2D eigenvalue weighted by Gasteiger charge is -2.14. The van der Waals surface area contributed by atoms with E-state index in [4.69, 9.17) is 0 Å². The minimum atomic E-state index is -4.81. The van der Waals surface area contributed by atoms with Gasteiger partial charge in [-0.05, 0) is 16.8 Å². The topological polar surface area (TPSA) is 66.4 Å². The molecule has 96 valence electrons. The summed E-state index contributed by atoms with van der Waals surface area (Å²) in [6.07, 6.45) is 0. The molecule has 0 unspecified atom stereocenters. The van der Waals surface area contributed by atoms with Crippen LogP contribution in [0.3, 0.4) is 0 Å². The van der Waals surface area contributed by atoms with Gasteiger partial charge in [0.05, 0.1) is 0 Å². The molecule has 0 saturated carbocycles. The molecule has 0 aliphatic carbocycles. The number of hydrogen-bond acceptors (Lipinski definition) is 4. The molecule has 0 saturated heterocycles. The van der Waals surface area contributed by atoms with Gasteiger partial charge in [0.25, 0.3) is 10.4 Å². The van der Waals surface area contributed by atoms with E-state index in [1.54, 1.807) is 24.3 Å². The van der Waals surface area contributed by atoms with Crippen molar-refractivity contribution in [2.24, 2.45) is 0 Å². The van der Waals surface area contributed by atoms with Crippen LogP contribution in [0.5, 0.6) is 5.75 Å². The van der Waals surface area contributed by atoms with Gasteiger partial charge in [0.1, 0.15) is 0 Å². The quantitative estimate of drug-likeness (QED) is 0.409. The molecule has 0 aliphatic rings. The smallest absolute Gasteiger partial charge is 0.262 e. The van der Waals surface area contributed by atoms with Gasteiger partial charge in [0.15, 0.2) is 5.75 Å². The fraction of sp³-hybridized carbons (Fsp3) is 0. The van der Waals surface area contributed by atoms with Gasteiger partial charge in [-0.25, -0.2) is 8.42 Å². The van der Waals surface area contributed by atoms with Gasteiger partial charge in [-0.15, -0.1) is 0 Å². The molecule has 3 rings (SSSR count). The van der Waals surface area contributed by atoms with Crippen LogP contribution in [-0.4, -0.2) is 13.0 Å². The van der Waals surface area contributed by atoms with Crippen molar-refractivity contribution in [1.82, 2.24) is 0 Å². The monoisotopic (exact) mass is 273 g/mol. The van der Waals surface area contributed by atoms with E-state index in [0.29, 0.717) is 10.8 Å². The van der Waals surface area contributed by atoms with Crippen LogP contribution in [0, 0.1) is 0 Å². The van der Waals surface area contributed by atoms with E-state index in [-0.39, 0.29) is 5.75 Å². The number of rotatable bonds is 2. The summed E-state index contributed by atoms with van der Waals surface area (Å²) in [4.78, 5) is 0. The molecule has 19 heavy (non-hydrogen) atoms. The first kappa shape index (κ1) is 12.0. The van der Waals surface area contributed by atoms with Gasteiger partial charge in [-0.2, -0.15) is 0 Å². The van der Waals surface area contributed by atoms with Crippen molar-refractivity contribution >= 4 is 31.9 Å². The number of fused-ring (bicyclic) bond motifs is 2.